The molecular formula is C11H8BrNO3. The molecule has 0 saturated carbocycles. The molecule has 0 bridgehead atoms. The summed E-state index contributed by atoms with van der Waals surface area (Å²) in [5.74, 6) is -0.450. The topological polar surface area (TPSA) is 67.2 Å². The van der Waals surface area contributed by atoms with Crippen LogP contribution < -0.4 is 0 Å². The first-order chi connectivity index (χ1) is 7.63. The molecular weight excluding hydrogens is 274 g/mol. The number of carbonyl (C=O) groups is 2. The summed E-state index contributed by atoms with van der Waals surface area (Å²) in [5, 5.41) is 8.89. The SMILES string of the molecule is COC(=O)Cc1ccc(Br)c(C#N)c1C=O. The molecule has 0 heterocycles. The normalized spacial score (nSPS) is 9.31. The van der Waals surface area contributed by atoms with Crippen LogP contribution in [0.3, 0.4) is 0 Å². The number of methoxy groups -OCH3 is 1. The van der Waals surface area contributed by atoms with Crippen LogP contribution in [0.1, 0.15) is 21.5 Å². The van der Waals surface area contributed by atoms with Gasteiger partial charge in [-0.15, -0.1) is 0 Å². The molecule has 0 spiro atoms. The quantitative estimate of drug-likeness (QED) is 0.626. The van der Waals surface area contributed by atoms with E-state index in [1.165, 1.54) is 7.11 Å². The zero-order chi connectivity index (χ0) is 12.1. The van der Waals surface area contributed by atoms with Gasteiger partial charge >= 0.3 is 5.97 Å². The van der Waals surface area contributed by atoms with Gasteiger partial charge in [-0.25, -0.2) is 0 Å². The van der Waals surface area contributed by atoms with Crippen molar-refractivity contribution in [3.05, 3.63) is 33.3 Å². The van der Waals surface area contributed by atoms with Gasteiger partial charge in [-0.3, -0.25) is 9.59 Å². The lowest BCUT2D eigenvalue weighted by atomic mass is 10.0. The summed E-state index contributed by atoms with van der Waals surface area (Å²) in [7, 11) is 1.27. The molecule has 82 valence electrons. The Hall–Kier alpha value is -1.67. The number of benzene rings is 1. The van der Waals surface area contributed by atoms with Gasteiger partial charge < -0.3 is 4.74 Å². The van der Waals surface area contributed by atoms with E-state index in [9.17, 15) is 9.59 Å². The van der Waals surface area contributed by atoms with E-state index >= 15 is 0 Å². The van der Waals surface area contributed by atoms with Crippen LogP contribution in [-0.2, 0) is 16.0 Å². The molecule has 0 unspecified atom stereocenters. The third-order valence-corrected chi connectivity index (χ3v) is 2.74. The average Bonchev–Trinajstić information content (AvgIpc) is 2.30. The Bertz CT molecular complexity index is 477. The van der Waals surface area contributed by atoms with Crippen molar-refractivity contribution in [2.24, 2.45) is 0 Å². The van der Waals surface area contributed by atoms with Gasteiger partial charge in [-0.1, -0.05) is 6.07 Å². The maximum absolute atomic E-state index is 11.1. The molecule has 0 radical (unpaired) electrons. The Balaban J connectivity index is 3.26. The number of hydrogen-bond donors (Lipinski definition) is 0. The Morgan fingerprint density at radius 3 is 2.81 bits per heavy atom. The van der Waals surface area contributed by atoms with E-state index in [-0.39, 0.29) is 17.5 Å². The van der Waals surface area contributed by atoms with Crippen LogP contribution in [0.5, 0.6) is 0 Å². The number of rotatable bonds is 3. The first-order valence-electron chi connectivity index (χ1n) is 4.37. The van der Waals surface area contributed by atoms with E-state index in [1.54, 1.807) is 12.1 Å². The fourth-order valence-electron chi connectivity index (χ4n) is 1.27. The van der Waals surface area contributed by atoms with E-state index in [0.717, 1.165) is 0 Å². The Kier molecular flexibility index (Phi) is 4.20. The van der Waals surface area contributed by atoms with Gasteiger partial charge in [-0.2, -0.15) is 5.26 Å². The van der Waals surface area contributed by atoms with Gasteiger partial charge in [0.1, 0.15) is 6.07 Å². The third-order valence-electron chi connectivity index (χ3n) is 2.08. The van der Waals surface area contributed by atoms with E-state index in [1.807, 2.05) is 6.07 Å². The molecule has 0 aromatic heterocycles. The van der Waals surface area contributed by atoms with Gasteiger partial charge in [0.15, 0.2) is 6.29 Å². The van der Waals surface area contributed by atoms with Crippen LogP contribution in [0, 0.1) is 11.3 Å². The Labute approximate surface area is 101 Å². The highest BCUT2D eigenvalue weighted by atomic mass is 79.9. The molecule has 5 heteroatoms. The van der Waals surface area contributed by atoms with Crippen molar-refractivity contribution in [1.29, 1.82) is 5.26 Å². The van der Waals surface area contributed by atoms with E-state index < -0.39 is 5.97 Å². The minimum Gasteiger partial charge on any atom is -0.469 e. The molecule has 1 aromatic carbocycles. The Morgan fingerprint density at radius 1 is 1.62 bits per heavy atom. The van der Waals surface area contributed by atoms with Crippen molar-refractivity contribution in [3.8, 4) is 6.07 Å². The number of carbonyl (C=O) groups excluding carboxylic acids is 2. The number of nitriles is 1. The number of hydrogen-bond acceptors (Lipinski definition) is 4. The molecule has 16 heavy (non-hydrogen) atoms. The van der Waals surface area contributed by atoms with Crippen molar-refractivity contribution >= 4 is 28.2 Å². The van der Waals surface area contributed by atoms with Crippen LogP contribution in [0.2, 0.25) is 0 Å². The monoisotopic (exact) mass is 281 g/mol. The van der Waals surface area contributed by atoms with Crippen LogP contribution in [-0.4, -0.2) is 19.4 Å². The lowest BCUT2D eigenvalue weighted by Gasteiger charge is -2.06. The van der Waals surface area contributed by atoms with E-state index in [2.05, 4.69) is 20.7 Å². The first kappa shape index (κ1) is 12.4. The zero-order valence-electron chi connectivity index (χ0n) is 8.49. The van der Waals surface area contributed by atoms with Gasteiger partial charge in [-0.05, 0) is 27.6 Å². The lowest BCUT2D eigenvalue weighted by Crippen LogP contribution is -2.08. The van der Waals surface area contributed by atoms with Crippen molar-refractivity contribution in [2.45, 2.75) is 6.42 Å². The maximum atomic E-state index is 11.1. The summed E-state index contributed by atoms with van der Waals surface area (Å²) in [6.07, 6.45) is 0.550. The number of esters is 1. The summed E-state index contributed by atoms with van der Waals surface area (Å²) in [6, 6.07) is 5.16. The molecule has 0 saturated heterocycles. The predicted octanol–water partition coefficient (Wildman–Crippen LogP) is 1.85. The number of nitrogens with zero attached hydrogens (tertiary/aromatic N) is 1. The molecule has 0 amide bonds. The molecule has 0 aliphatic heterocycles. The fourth-order valence-corrected chi connectivity index (χ4v) is 1.70. The summed E-state index contributed by atoms with van der Waals surface area (Å²) in [4.78, 5) is 22.0. The van der Waals surface area contributed by atoms with Crippen LogP contribution in [0.4, 0.5) is 0 Å². The molecule has 4 nitrogen and oxygen atoms in total. The minimum absolute atomic E-state index is 0.0213. The zero-order valence-corrected chi connectivity index (χ0v) is 10.1. The highest BCUT2D eigenvalue weighted by Crippen LogP contribution is 2.22. The van der Waals surface area contributed by atoms with Crippen molar-refractivity contribution in [3.63, 3.8) is 0 Å². The molecule has 0 fully saturated rings. The second-order valence-corrected chi connectivity index (χ2v) is 3.83. The largest absolute Gasteiger partial charge is 0.469 e. The first-order valence-corrected chi connectivity index (χ1v) is 5.16. The fraction of sp³-hybridized carbons (Fsp3) is 0.182. The summed E-state index contributed by atoms with van der Waals surface area (Å²) in [5.41, 5.74) is 0.945. The van der Waals surface area contributed by atoms with Crippen LogP contribution in [0.25, 0.3) is 0 Å². The highest BCUT2D eigenvalue weighted by molar-refractivity contribution is 9.10. The summed E-state index contributed by atoms with van der Waals surface area (Å²) < 4.78 is 5.04. The van der Waals surface area contributed by atoms with Crippen molar-refractivity contribution in [2.75, 3.05) is 7.11 Å². The lowest BCUT2D eigenvalue weighted by molar-refractivity contribution is -0.139. The smallest absolute Gasteiger partial charge is 0.310 e. The van der Waals surface area contributed by atoms with Gasteiger partial charge in [0.05, 0.1) is 19.1 Å². The van der Waals surface area contributed by atoms with Gasteiger partial charge in [0.2, 0.25) is 0 Å². The van der Waals surface area contributed by atoms with Crippen molar-refractivity contribution < 1.29 is 14.3 Å². The number of aldehydes is 1. The van der Waals surface area contributed by atoms with Crippen LogP contribution in [0.15, 0.2) is 16.6 Å². The number of ether oxygens (including phenoxy) is 1. The Morgan fingerprint density at radius 2 is 2.31 bits per heavy atom. The summed E-state index contributed by atoms with van der Waals surface area (Å²) in [6.45, 7) is 0. The van der Waals surface area contributed by atoms with E-state index in [4.69, 9.17) is 5.26 Å². The third kappa shape index (κ3) is 2.47. The van der Waals surface area contributed by atoms with Crippen molar-refractivity contribution in [1.82, 2.24) is 0 Å². The second kappa shape index (κ2) is 5.42. The minimum atomic E-state index is -0.450. The standard InChI is InChI=1S/C11H8BrNO3/c1-16-11(15)4-7-2-3-10(12)8(5-13)9(7)6-14/h2-3,6H,4H2,1H3. The number of halogens is 1. The van der Waals surface area contributed by atoms with Crippen LogP contribution >= 0.6 is 15.9 Å². The second-order valence-electron chi connectivity index (χ2n) is 2.98. The molecule has 0 atom stereocenters. The predicted molar refractivity (Wildman–Crippen MR) is 60.0 cm³/mol. The molecule has 0 aliphatic carbocycles. The average molecular weight is 282 g/mol. The molecule has 0 aliphatic rings. The summed E-state index contributed by atoms with van der Waals surface area (Å²) >= 11 is 3.17. The molecule has 1 rings (SSSR count). The maximum Gasteiger partial charge on any atom is 0.310 e. The highest BCUT2D eigenvalue weighted by Gasteiger charge is 2.14. The molecule has 0 N–H and O–H groups in total. The van der Waals surface area contributed by atoms with E-state index in [0.29, 0.717) is 16.3 Å². The van der Waals surface area contributed by atoms with Gasteiger partial charge in [0.25, 0.3) is 0 Å². The van der Waals surface area contributed by atoms with Gasteiger partial charge in [0, 0.05) is 10.0 Å². The molecule has 1 aromatic rings.